The molecule has 8 heterocycles. The molecular formula is C77H77BrF13N12NaO11S4. The van der Waals surface area contributed by atoms with Crippen LogP contribution in [0.25, 0.3) is 45.6 Å². The third-order valence-corrected chi connectivity index (χ3v) is 19.4. The van der Waals surface area contributed by atoms with Gasteiger partial charge in [0.2, 0.25) is 20.2 Å². The molecule has 1 unspecified atom stereocenters. The average molecular weight is 1830 g/mol. The topological polar surface area (TPSA) is 259 Å². The van der Waals surface area contributed by atoms with Crippen molar-refractivity contribution in [2.24, 2.45) is 0 Å². The maximum atomic E-state index is 13.3. The third kappa shape index (κ3) is 27.3. The van der Waals surface area contributed by atoms with E-state index in [0.717, 1.165) is 87.6 Å². The molecule has 0 amide bonds. The number of benzene rings is 4. The molecule has 0 aliphatic carbocycles. The molecule has 0 fully saturated rings. The van der Waals surface area contributed by atoms with Crippen LogP contribution in [0.5, 0.6) is 46.0 Å². The average Bonchev–Trinajstić information content (AvgIpc) is 1.61. The third-order valence-electron chi connectivity index (χ3n) is 16.1. The van der Waals surface area contributed by atoms with Crippen molar-refractivity contribution >= 4 is 60.1 Å². The van der Waals surface area contributed by atoms with Gasteiger partial charge < -0.3 is 58.0 Å². The summed E-state index contributed by atoms with van der Waals surface area (Å²) in [5.41, 5.74) is 1.58. The summed E-state index contributed by atoms with van der Waals surface area (Å²) >= 11 is 5.51. The van der Waals surface area contributed by atoms with Gasteiger partial charge in [0.15, 0.2) is 56.3 Å². The van der Waals surface area contributed by atoms with Crippen molar-refractivity contribution in [2.45, 2.75) is 70.3 Å². The van der Waals surface area contributed by atoms with Crippen LogP contribution in [-0.2, 0) is 70.3 Å². The van der Waals surface area contributed by atoms with Crippen LogP contribution in [0.15, 0.2) is 191 Å². The van der Waals surface area contributed by atoms with E-state index in [4.69, 9.17) is 39.3 Å². The molecule has 0 saturated carbocycles. The summed E-state index contributed by atoms with van der Waals surface area (Å²) in [6.45, 7) is 1.07. The maximum Gasteiger partial charge on any atom is 1.00 e. The van der Waals surface area contributed by atoms with Crippen molar-refractivity contribution < 1.29 is 140 Å². The summed E-state index contributed by atoms with van der Waals surface area (Å²) in [5, 5.41) is -0.249. The molecule has 0 aliphatic heterocycles. The van der Waals surface area contributed by atoms with Gasteiger partial charge in [-0.3, -0.25) is 8.60 Å². The number of thioether (sulfide) groups is 2. The van der Waals surface area contributed by atoms with Gasteiger partial charge >= 0.3 is 54.3 Å². The zero-order valence-corrected chi connectivity index (χ0v) is 72.4. The second-order valence-electron chi connectivity index (χ2n) is 23.8. The fraction of sp³-hybridized carbons (Fsp3) is 0.273. The predicted molar refractivity (Wildman–Crippen MR) is 423 cm³/mol. The van der Waals surface area contributed by atoms with Crippen LogP contribution in [0.2, 0.25) is 0 Å². The van der Waals surface area contributed by atoms with Gasteiger partial charge in [-0.2, -0.15) is 52.7 Å². The van der Waals surface area contributed by atoms with Gasteiger partial charge in [0.1, 0.15) is 22.8 Å². The number of ether oxygens (including phenoxy) is 8. The molecule has 0 aliphatic rings. The minimum atomic E-state index is -4.82. The van der Waals surface area contributed by atoms with Gasteiger partial charge in [-0.05, 0) is 156 Å². The number of aromatic nitrogens is 12. The van der Waals surface area contributed by atoms with Gasteiger partial charge in [0, 0.05) is 62.3 Å². The number of alkyl halides is 14. The maximum absolute atomic E-state index is 13.3. The first-order valence-corrected chi connectivity index (χ1v) is 40.7. The van der Waals surface area contributed by atoms with Crippen LogP contribution < -0.4 is 67.5 Å². The number of sulfone groups is 1. The van der Waals surface area contributed by atoms with E-state index in [1.165, 1.54) is 40.3 Å². The normalized spacial score (nSPS) is 11.6. The first-order valence-electron chi connectivity index (χ1n) is 34.4. The van der Waals surface area contributed by atoms with Crippen LogP contribution in [-0.4, -0.2) is 160 Å². The summed E-state index contributed by atoms with van der Waals surface area (Å²) < 4.78 is 255. The van der Waals surface area contributed by atoms with Crippen LogP contribution in [0.1, 0.15) is 47.8 Å². The summed E-state index contributed by atoms with van der Waals surface area (Å²) in [6, 6.07) is 38.8. The second-order valence-corrected chi connectivity index (χ2v) is 29.1. The Hall–Kier alpha value is -9.91. The number of hydrogen-bond acceptors (Lipinski definition) is 21. The van der Waals surface area contributed by atoms with Gasteiger partial charge in [-0.25, -0.2) is 48.3 Å². The minimum absolute atomic E-state index is 0. The van der Waals surface area contributed by atoms with Gasteiger partial charge in [0.05, 0.1) is 122 Å². The van der Waals surface area contributed by atoms with E-state index in [9.17, 15) is 69.7 Å². The fourth-order valence-corrected chi connectivity index (χ4v) is 12.7. The molecule has 12 aromatic rings. The summed E-state index contributed by atoms with van der Waals surface area (Å²) in [4.78, 5) is 32.6. The fourth-order valence-electron chi connectivity index (χ4n) is 10.6. The zero-order valence-electron chi connectivity index (χ0n) is 67.5. The van der Waals surface area contributed by atoms with Gasteiger partial charge in [-0.15, -0.1) is 0 Å². The number of hydrogen-bond donors (Lipinski definition) is 1. The number of nitrogens with zero attached hydrogens (tertiary/aromatic N) is 11. The smallest absolute Gasteiger partial charge is 1.00 e. The standard InChI is InChI=1S/C19H18F3N3O4S.C19H18F3N3O3S.C19H18F3N3O2S.C10H8F3N3S.C9H11BrO2.CH3F.Na.H/c1-28-15-7-6-12(9-16(15)29-2)11-25-8-4-5-14(25)13-10-17(19(20,21)22)24-18(23-13)30(3,26)27;1-27-15-7-6-12(9-16(15)28-2)11-25-8-4-5-14(25)13-10-17(19(20,21)22)24-18(23-13)29(3)26;1-26-15-7-6-12(9-16(15)27-2)11-25-8-4-5-14(25)13-10-17(19(20,21)22)24-18(23-13)28-3;1-17-9-15-7(6-3-2-4-14-6)5-8(16-9)10(11,12)13;1-11-8-4-3-7(6-10)5-9(8)12-2;1-2;;/h4-10H,11H2,1-3H3;4-10H,11H2,1-3H3;4-10H,11H2,1-3H3;2-5,14H,1H3;3-5H,6H2,1-2H3;1H3;;/q;;;;;;+1;-1/i;;;;;1D;;. The zero-order chi connectivity index (χ0) is 87.7. The minimum Gasteiger partial charge on any atom is -1.00 e. The molecule has 0 bridgehead atoms. The van der Waals surface area contributed by atoms with Gasteiger partial charge in [-0.1, -0.05) is 63.7 Å². The number of halogens is 14. The largest absolute Gasteiger partial charge is 1.00 e. The SMILES string of the molecule is COc1ccc(CBr)cc1OC.COc1ccc(Cn2cccc2-c2cc(C(F)(F)F)nc(S(C)(=O)=O)n2)cc1OC.COc1ccc(Cn2cccc2-c2cc(C(F)(F)F)nc(S(C)=O)n2)cc1OC.COc1ccc(Cn2cccc2-c2cc(C(F)(F)F)nc(SC)n2)cc1OC.CSc1nc(-c2ccc[nH]2)cc(C(F)(F)F)n1.[2H]CF.[H-].[Na+]. The number of rotatable bonds is 23. The Labute approximate surface area is 719 Å². The molecule has 4 aromatic carbocycles. The van der Waals surface area contributed by atoms with Crippen LogP contribution >= 0.6 is 39.5 Å². The molecule has 8 aromatic heterocycles. The van der Waals surface area contributed by atoms with Gasteiger partial charge in [0.25, 0.3) is 0 Å². The number of nitrogens with one attached hydrogen (secondary N) is 1. The Morgan fingerprint density at radius 3 is 1.07 bits per heavy atom. The summed E-state index contributed by atoms with van der Waals surface area (Å²) in [6.07, 6.45) is -6.43. The molecule has 0 spiro atoms. The monoisotopic (exact) mass is 1820 g/mol. The first-order chi connectivity index (χ1) is 56.3. The van der Waals surface area contributed by atoms with Crippen molar-refractivity contribution in [3.05, 3.63) is 215 Å². The Morgan fingerprint density at radius 2 is 0.756 bits per heavy atom. The molecule has 1 N–H and O–H groups in total. The Morgan fingerprint density at radius 1 is 0.445 bits per heavy atom. The van der Waals surface area contributed by atoms with E-state index in [2.05, 4.69) is 60.8 Å². The van der Waals surface area contributed by atoms with E-state index in [0.29, 0.717) is 70.4 Å². The van der Waals surface area contributed by atoms with E-state index < -0.39 is 80.4 Å². The number of aromatic amines is 1. The molecule has 634 valence electrons. The van der Waals surface area contributed by atoms with Crippen molar-refractivity contribution in [1.82, 2.24) is 58.6 Å². The van der Waals surface area contributed by atoms with E-state index >= 15 is 0 Å². The van der Waals surface area contributed by atoms with Crippen molar-refractivity contribution in [1.29, 1.82) is 0 Å². The Bertz CT molecular complexity index is 5490. The van der Waals surface area contributed by atoms with Crippen molar-refractivity contribution in [3.63, 3.8) is 0 Å². The molecule has 1 atom stereocenters. The first kappa shape index (κ1) is 96.2. The number of methoxy groups -OCH3 is 8. The molecule has 42 heteroatoms. The Kier molecular flexibility index (Phi) is 35.9. The van der Waals surface area contributed by atoms with E-state index in [-0.39, 0.29) is 75.8 Å². The van der Waals surface area contributed by atoms with Crippen molar-refractivity contribution in [3.8, 4) is 91.5 Å². The second kappa shape index (κ2) is 44.4. The Balaban J connectivity index is 0.000000273. The molecule has 23 nitrogen and oxygen atoms in total. The quantitative estimate of drug-likeness (QED) is 0.0205. The predicted octanol–water partition coefficient (Wildman–Crippen LogP) is 15.5. The summed E-state index contributed by atoms with van der Waals surface area (Å²) in [7, 11) is 5.61. The molecule has 119 heavy (non-hydrogen) atoms. The number of H-pyrrole nitrogens is 1. The van der Waals surface area contributed by atoms with Crippen LogP contribution in [0.4, 0.5) is 57.1 Å². The van der Waals surface area contributed by atoms with E-state index in [1.54, 1.807) is 160 Å². The molecule has 12 rings (SSSR count). The molecule has 0 radical (unpaired) electrons. The summed E-state index contributed by atoms with van der Waals surface area (Å²) in [5.74, 6) is 4.89. The van der Waals surface area contributed by atoms with Crippen LogP contribution in [0, 0.1) is 0 Å². The van der Waals surface area contributed by atoms with Crippen LogP contribution in [0.3, 0.4) is 0 Å². The van der Waals surface area contributed by atoms with E-state index in [1.807, 2.05) is 41.0 Å². The molecule has 0 saturated heterocycles. The molecular weight excluding hydrogens is 1750 g/mol. The van der Waals surface area contributed by atoms with Crippen molar-refractivity contribution in [2.75, 3.05) is 89.1 Å².